The molecule has 1 fully saturated rings. The van der Waals surface area contributed by atoms with E-state index in [4.69, 9.17) is 5.73 Å². The van der Waals surface area contributed by atoms with Crippen molar-refractivity contribution in [3.8, 4) is 0 Å². The maximum absolute atomic E-state index is 12.0. The van der Waals surface area contributed by atoms with Gasteiger partial charge < -0.3 is 10.6 Å². The first-order valence-corrected chi connectivity index (χ1v) is 7.48. The van der Waals surface area contributed by atoms with Gasteiger partial charge in [-0.3, -0.25) is 9.69 Å². The quantitative estimate of drug-likeness (QED) is 0.827. The smallest absolute Gasteiger partial charge is 0.239 e. The highest BCUT2D eigenvalue weighted by Crippen LogP contribution is 2.14. The van der Waals surface area contributed by atoms with E-state index in [1.165, 1.54) is 4.88 Å². The average Bonchev–Trinajstić information content (AvgIpc) is 2.92. The van der Waals surface area contributed by atoms with Crippen LogP contribution >= 0.6 is 11.3 Å². The Balaban J connectivity index is 1.78. The Labute approximate surface area is 118 Å². The standard InChI is InChI=1S/C14H21N3OS/c1-2-4-13(15)14(18)17-8-6-16(7-9-17)11-12-5-3-10-19-12/h2-3,5,10,13H,1,4,6-9,11,15H2. The van der Waals surface area contributed by atoms with E-state index in [0.717, 1.165) is 32.7 Å². The summed E-state index contributed by atoms with van der Waals surface area (Å²) in [6.07, 6.45) is 2.25. The molecule has 104 valence electrons. The first-order chi connectivity index (χ1) is 9.20. The van der Waals surface area contributed by atoms with Gasteiger partial charge in [0.2, 0.25) is 5.91 Å². The van der Waals surface area contributed by atoms with Crippen molar-refractivity contribution in [2.24, 2.45) is 5.73 Å². The van der Waals surface area contributed by atoms with Gasteiger partial charge in [0, 0.05) is 37.6 Å². The summed E-state index contributed by atoms with van der Waals surface area (Å²) >= 11 is 1.78. The molecule has 1 unspecified atom stereocenters. The van der Waals surface area contributed by atoms with E-state index in [9.17, 15) is 4.79 Å². The zero-order chi connectivity index (χ0) is 13.7. The van der Waals surface area contributed by atoms with Gasteiger partial charge in [0.1, 0.15) is 0 Å². The number of amides is 1. The van der Waals surface area contributed by atoms with Crippen molar-refractivity contribution in [1.82, 2.24) is 9.80 Å². The molecule has 0 spiro atoms. The third-order valence-corrected chi connectivity index (χ3v) is 4.24. The van der Waals surface area contributed by atoms with Crippen molar-refractivity contribution >= 4 is 17.2 Å². The number of nitrogens with zero attached hydrogens (tertiary/aromatic N) is 2. The molecule has 1 aromatic rings. The van der Waals surface area contributed by atoms with Crippen LogP contribution in [0.15, 0.2) is 30.2 Å². The molecule has 4 nitrogen and oxygen atoms in total. The Bertz CT molecular complexity index is 410. The van der Waals surface area contributed by atoms with Crippen LogP contribution < -0.4 is 5.73 Å². The molecule has 0 bridgehead atoms. The monoisotopic (exact) mass is 279 g/mol. The van der Waals surface area contributed by atoms with E-state index < -0.39 is 6.04 Å². The molecule has 2 N–H and O–H groups in total. The van der Waals surface area contributed by atoms with Crippen LogP contribution in [0.5, 0.6) is 0 Å². The first kappa shape index (κ1) is 14.2. The van der Waals surface area contributed by atoms with Crippen LogP contribution in [0.1, 0.15) is 11.3 Å². The number of hydrogen-bond acceptors (Lipinski definition) is 4. The molecular formula is C14H21N3OS. The van der Waals surface area contributed by atoms with E-state index in [1.54, 1.807) is 17.4 Å². The second-order valence-electron chi connectivity index (χ2n) is 4.81. The Kier molecular flexibility index (Phi) is 5.13. The normalized spacial score (nSPS) is 18.3. The minimum atomic E-state index is -0.429. The second-order valence-corrected chi connectivity index (χ2v) is 5.84. The van der Waals surface area contributed by atoms with Crippen LogP contribution in [-0.2, 0) is 11.3 Å². The zero-order valence-electron chi connectivity index (χ0n) is 11.1. The fourth-order valence-corrected chi connectivity index (χ4v) is 3.01. The first-order valence-electron chi connectivity index (χ1n) is 6.60. The minimum absolute atomic E-state index is 0.0515. The number of carbonyl (C=O) groups is 1. The third-order valence-electron chi connectivity index (χ3n) is 3.38. The summed E-state index contributed by atoms with van der Waals surface area (Å²) in [7, 11) is 0. The van der Waals surface area contributed by atoms with Gasteiger partial charge in [-0.05, 0) is 17.9 Å². The van der Waals surface area contributed by atoms with Crippen molar-refractivity contribution in [3.05, 3.63) is 35.0 Å². The lowest BCUT2D eigenvalue weighted by Gasteiger charge is -2.35. The van der Waals surface area contributed by atoms with Crippen LogP contribution in [0.25, 0.3) is 0 Å². The van der Waals surface area contributed by atoms with Gasteiger partial charge in [0.05, 0.1) is 6.04 Å². The lowest BCUT2D eigenvalue weighted by molar-refractivity contribution is -0.134. The predicted molar refractivity (Wildman–Crippen MR) is 79.0 cm³/mol. The minimum Gasteiger partial charge on any atom is -0.339 e. The van der Waals surface area contributed by atoms with Crippen LogP contribution in [0.4, 0.5) is 0 Å². The Morgan fingerprint density at radius 1 is 1.47 bits per heavy atom. The van der Waals surface area contributed by atoms with Crippen molar-refractivity contribution in [3.63, 3.8) is 0 Å². The maximum atomic E-state index is 12.0. The van der Waals surface area contributed by atoms with E-state index in [-0.39, 0.29) is 5.91 Å². The fourth-order valence-electron chi connectivity index (χ4n) is 2.26. The molecule has 0 radical (unpaired) electrons. The summed E-state index contributed by atoms with van der Waals surface area (Å²) < 4.78 is 0. The summed E-state index contributed by atoms with van der Waals surface area (Å²) in [5.74, 6) is 0.0515. The highest BCUT2D eigenvalue weighted by molar-refractivity contribution is 7.09. The second kappa shape index (κ2) is 6.84. The van der Waals surface area contributed by atoms with Crippen molar-refractivity contribution in [1.29, 1.82) is 0 Å². The molecule has 2 heterocycles. The summed E-state index contributed by atoms with van der Waals surface area (Å²) in [6.45, 7) is 8.00. The molecule has 2 rings (SSSR count). The van der Waals surface area contributed by atoms with Gasteiger partial charge in [-0.15, -0.1) is 17.9 Å². The maximum Gasteiger partial charge on any atom is 0.239 e. The topological polar surface area (TPSA) is 49.6 Å². The molecule has 1 aliphatic heterocycles. The number of rotatable bonds is 5. The van der Waals surface area contributed by atoms with Gasteiger partial charge in [-0.25, -0.2) is 0 Å². The molecular weight excluding hydrogens is 258 g/mol. The third kappa shape index (κ3) is 3.89. The van der Waals surface area contributed by atoms with Gasteiger partial charge >= 0.3 is 0 Å². The molecule has 0 aromatic carbocycles. The fraction of sp³-hybridized carbons (Fsp3) is 0.500. The Morgan fingerprint density at radius 3 is 2.79 bits per heavy atom. The van der Waals surface area contributed by atoms with Crippen LogP contribution in [0.2, 0.25) is 0 Å². The molecule has 1 aliphatic rings. The van der Waals surface area contributed by atoms with Crippen LogP contribution in [-0.4, -0.2) is 47.9 Å². The van der Waals surface area contributed by atoms with Gasteiger partial charge in [-0.1, -0.05) is 12.1 Å². The van der Waals surface area contributed by atoms with Gasteiger partial charge in [0.15, 0.2) is 0 Å². The summed E-state index contributed by atoms with van der Waals surface area (Å²) in [4.78, 5) is 17.7. The highest BCUT2D eigenvalue weighted by Gasteiger charge is 2.24. The Morgan fingerprint density at radius 2 is 2.21 bits per heavy atom. The number of hydrogen-bond donors (Lipinski definition) is 1. The Hall–Kier alpha value is -1.17. The lowest BCUT2D eigenvalue weighted by Crippen LogP contribution is -2.52. The summed E-state index contributed by atoms with van der Waals surface area (Å²) in [5, 5.41) is 2.10. The number of piperazine rings is 1. The molecule has 1 atom stereocenters. The highest BCUT2D eigenvalue weighted by atomic mass is 32.1. The number of thiophene rings is 1. The van der Waals surface area contributed by atoms with Crippen LogP contribution in [0, 0.1) is 0 Å². The number of nitrogens with two attached hydrogens (primary N) is 1. The molecule has 19 heavy (non-hydrogen) atoms. The molecule has 0 aliphatic carbocycles. The van der Waals surface area contributed by atoms with Gasteiger partial charge in [-0.2, -0.15) is 0 Å². The molecule has 0 saturated carbocycles. The van der Waals surface area contributed by atoms with E-state index in [2.05, 4.69) is 29.0 Å². The molecule has 1 saturated heterocycles. The SMILES string of the molecule is C=CCC(N)C(=O)N1CCN(Cc2cccs2)CC1. The largest absolute Gasteiger partial charge is 0.339 e. The van der Waals surface area contributed by atoms with E-state index >= 15 is 0 Å². The molecule has 1 amide bonds. The molecule has 1 aromatic heterocycles. The van der Waals surface area contributed by atoms with E-state index in [0.29, 0.717) is 6.42 Å². The average molecular weight is 279 g/mol. The summed E-state index contributed by atoms with van der Waals surface area (Å²) in [5.41, 5.74) is 5.83. The van der Waals surface area contributed by atoms with Crippen molar-refractivity contribution in [2.45, 2.75) is 19.0 Å². The van der Waals surface area contributed by atoms with Crippen LogP contribution in [0.3, 0.4) is 0 Å². The van der Waals surface area contributed by atoms with Gasteiger partial charge in [0.25, 0.3) is 0 Å². The predicted octanol–water partition coefficient (Wildman–Crippen LogP) is 1.30. The molecule has 5 heteroatoms. The lowest BCUT2D eigenvalue weighted by atomic mass is 10.1. The summed E-state index contributed by atoms with van der Waals surface area (Å²) in [6, 6.07) is 3.80. The van der Waals surface area contributed by atoms with Crippen molar-refractivity contribution < 1.29 is 4.79 Å². The van der Waals surface area contributed by atoms with Crippen molar-refractivity contribution in [2.75, 3.05) is 26.2 Å². The number of carbonyl (C=O) groups excluding carboxylic acids is 1. The van der Waals surface area contributed by atoms with E-state index in [1.807, 2.05) is 4.90 Å². The zero-order valence-corrected chi connectivity index (χ0v) is 11.9.